The van der Waals surface area contributed by atoms with Gasteiger partial charge in [0, 0.05) is 0 Å². The van der Waals surface area contributed by atoms with Crippen molar-refractivity contribution in [2.45, 2.75) is 32.0 Å². The minimum Gasteiger partial charge on any atom is -0.387 e. The predicted molar refractivity (Wildman–Crippen MR) is 60.4 cm³/mol. The van der Waals surface area contributed by atoms with Gasteiger partial charge in [-0.3, -0.25) is 0 Å². The Morgan fingerprint density at radius 3 is 2.47 bits per heavy atom. The van der Waals surface area contributed by atoms with Crippen LogP contribution in [0.15, 0.2) is 18.2 Å². The third-order valence-electron chi connectivity index (χ3n) is 2.79. The first-order valence-corrected chi connectivity index (χ1v) is 5.75. The maximum Gasteiger partial charge on any atom is 0.416 e. The number of aliphatic hydroxyl groups is 1. The van der Waals surface area contributed by atoms with Gasteiger partial charge in [-0.2, -0.15) is 18.4 Å². The van der Waals surface area contributed by atoms with Gasteiger partial charge in [0.15, 0.2) is 0 Å². The van der Waals surface area contributed by atoms with E-state index in [0.29, 0.717) is 12.5 Å². The molecule has 1 aromatic rings. The summed E-state index contributed by atoms with van der Waals surface area (Å²) in [5.41, 5.74) is -1.70. The standard InChI is InChI=1S/C13H13F4NO/c1-2-3-8(7-18)12(19)10-5-4-9(14)6-11(10)13(15,16)17/h4-6,8,12,19H,2-3H2,1H3. The number of nitriles is 1. The zero-order valence-corrected chi connectivity index (χ0v) is 10.2. The van der Waals surface area contributed by atoms with Gasteiger partial charge in [-0.1, -0.05) is 19.4 Å². The maximum atomic E-state index is 12.9. The molecule has 104 valence electrons. The molecule has 1 aromatic carbocycles. The van der Waals surface area contributed by atoms with Crippen molar-refractivity contribution in [2.24, 2.45) is 5.92 Å². The summed E-state index contributed by atoms with van der Waals surface area (Å²) in [6.07, 6.45) is -5.53. The van der Waals surface area contributed by atoms with Gasteiger partial charge >= 0.3 is 6.18 Å². The first kappa shape index (κ1) is 15.4. The monoisotopic (exact) mass is 275 g/mol. The average Bonchev–Trinajstić information content (AvgIpc) is 2.34. The molecule has 0 aliphatic heterocycles. The van der Waals surface area contributed by atoms with Gasteiger partial charge < -0.3 is 5.11 Å². The van der Waals surface area contributed by atoms with Crippen LogP contribution in [0.5, 0.6) is 0 Å². The molecular weight excluding hydrogens is 262 g/mol. The van der Waals surface area contributed by atoms with Gasteiger partial charge in [-0.15, -0.1) is 0 Å². The summed E-state index contributed by atoms with van der Waals surface area (Å²) in [6, 6.07) is 3.83. The summed E-state index contributed by atoms with van der Waals surface area (Å²) in [7, 11) is 0. The van der Waals surface area contributed by atoms with Crippen LogP contribution in [0.25, 0.3) is 0 Å². The molecule has 0 saturated carbocycles. The molecule has 0 aliphatic carbocycles. The van der Waals surface area contributed by atoms with Gasteiger partial charge in [0.05, 0.1) is 23.7 Å². The molecular formula is C13H13F4NO. The van der Waals surface area contributed by atoms with E-state index >= 15 is 0 Å². The van der Waals surface area contributed by atoms with Gasteiger partial charge in [0.25, 0.3) is 0 Å². The molecule has 0 aromatic heterocycles. The second-order valence-corrected chi connectivity index (χ2v) is 4.20. The molecule has 2 nitrogen and oxygen atoms in total. The van der Waals surface area contributed by atoms with E-state index in [1.54, 1.807) is 13.0 Å². The third-order valence-corrected chi connectivity index (χ3v) is 2.79. The van der Waals surface area contributed by atoms with Crippen molar-refractivity contribution in [1.82, 2.24) is 0 Å². The van der Waals surface area contributed by atoms with Gasteiger partial charge in [0.2, 0.25) is 0 Å². The Kier molecular flexibility index (Phi) is 4.90. The van der Waals surface area contributed by atoms with Crippen LogP contribution in [0, 0.1) is 23.1 Å². The molecule has 0 spiro atoms. The largest absolute Gasteiger partial charge is 0.416 e. The van der Waals surface area contributed by atoms with Crippen molar-refractivity contribution in [3.63, 3.8) is 0 Å². The zero-order chi connectivity index (χ0) is 14.6. The number of benzene rings is 1. The zero-order valence-electron chi connectivity index (χ0n) is 10.2. The fourth-order valence-corrected chi connectivity index (χ4v) is 1.85. The van der Waals surface area contributed by atoms with Gasteiger partial charge in [0.1, 0.15) is 5.82 Å². The number of rotatable bonds is 4. The van der Waals surface area contributed by atoms with Crippen LogP contribution in [0.3, 0.4) is 0 Å². The predicted octanol–water partition coefficient (Wildman–Crippen LogP) is 3.82. The van der Waals surface area contributed by atoms with Crippen LogP contribution >= 0.6 is 0 Å². The fraction of sp³-hybridized carbons (Fsp3) is 0.462. The lowest BCUT2D eigenvalue weighted by molar-refractivity contribution is -0.139. The molecule has 1 rings (SSSR count). The lowest BCUT2D eigenvalue weighted by Crippen LogP contribution is -2.17. The van der Waals surface area contributed by atoms with Gasteiger partial charge in [-0.05, 0) is 24.1 Å². The molecule has 1 N–H and O–H groups in total. The number of hydrogen-bond donors (Lipinski definition) is 1. The summed E-state index contributed by atoms with van der Waals surface area (Å²) in [5.74, 6) is -1.98. The molecule has 2 unspecified atom stereocenters. The molecule has 19 heavy (non-hydrogen) atoms. The number of aliphatic hydroxyl groups excluding tert-OH is 1. The van der Waals surface area contributed by atoms with Crippen molar-refractivity contribution < 1.29 is 22.7 Å². The van der Waals surface area contributed by atoms with Crippen molar-refractivity contribution in [1.29, 1.82) is 5.26 Å². The Labute approximate surface area is 108 Å². The average molecular weight is 275 g/mol. The maximum absolute atomic E-state index is 12.9. The van der Waals surface area contributed by atoms with E-state index in [2.05, 4.69) is 0 Å². The molecule has 0 bridgehead atoms. The number of alkyl halides is 3. The summed E-state index contributed by atoms with van der Waals surface area (Å²) in [4.78, 5) is 0. The Hall–Kier alpha value is -1.61. The van der Waals surface area contributed by atoms with Crippen molar-refractivity contribution in [2.75, 3.05) is 0 Å². The van der Waals surface area contributed by atoms with E-state index in [-0.39, 0.29) is 6.42 Å². The summed E-state index contributed by atoms with van der Waals surface area (Å²) < 4.78 is 51.3. The Morgan fingerprint density at radius 2 is 2.00 bits per heavy atom. The molecule has 0 amide bonds. The molecule has 0 fully saturated rings. The van der Waals surface area contributed by atoms with Crippen LogP contribution < -0.4 is 0 Å². The second-order valence-electron chi connectivity index (χ2n) is 4.20. The SMILES string of the molecule is CCCC(C#N)C(O)c1ccc(F)cc1C(F)(F)F. The highest BCUT2D eigenvalue weighted by Crippen LogP contribution is 2.37. The van der Waals surface area contributed by atoms with E-state index in [0.717, 1.165) is 12.1 Å². The lowest BCUT2D eigenvalue weighted by atomic mass is 9.90. The summed E-state index contributed by atoms with van der Waals surface area (Å²) >= 11 is 0. The normalized spacial score (nSPS) is 14.8. The minimum atomic E-state index is -4.77. The molecule has 0 heterocycles. The van der Waals surface area contributed by atoms with E-state index in [1.807, 2.05) is 0 Å². The highest BCUT2D eigenvalue weighted by atomic mass is 19.4. The highest BCUT2D eigenvalue weighted by molar-refractivity contribution is 5.33. The van der Waals surface area contributed by atoms with Crippen molar-refractivity contribution in [3.05, 3.63) is 35.1 Å². The van der Waals surface area contributed by atoms with Crippen LogP contribution in [-0.2, 0) is 6.18 Å². The van der Waals surface area contributed by atoms with Crippen LogP contribution in [-0.4, -0.2) is 5.11 Å². The second kappa shape index (κ2) is 6.02. The quantitative estimate of drug-likeness (QED) is 0.849. The molecule has 0 radical (unpaired) electrons. The van der Waals surface area contributed by atoms with E-state index in [1.165, 1.54) is 0 Å². The first-order chi connectivity index (χ1) is 8.81. The summed E-state index contributed by atoms with van der Waals surface area (Å²) in [6.45, 7) is 1.76. The van der Waals surface area contributed by atoms with Crippen molar-refractivity contribution in [3.8, 4) is 6.07 Å². The smallest absolute Gasteiger partial charge is 0.387 e. The minimum absolute atomic E-state index is 0.270. The van der Waals surface area contributed by atoms with E-state index in [4.69, 9.17) is 5.26 Å². The molecule has 2 atom stereocenters. The number of halogens is 4. The van der Waals surface area contributed by atoms with E-state index < -0.39 is 35.1 Å². The van der Waals surface area contributed by atoms with Crippen LogP contribution in [0.1, 0.15) is 37.0 Å². The van der Waals surface area contributed by atoms with Gasteiger partial charge in [-0.25, -0.2) is 4.39 Å². The molecule has 6 heteroatoms. The first-order valence-electron chi connectivity index (χ1n) is 5.75. The third kappa shape index (κ3) is 3.67. The Balaban J connectivity index is 3.23. The highest BCUT2D eigenvalue weighted by Gasteiger charge is 2.37. The van der Waals surface area contributed by atoms with E-state index in [9.17, 15) is 22.7 Å². The molecule has 0 saturated heterocycles. The number of nitrogens with zero attached hydrogens (tertiary/aromatic N) is 1. The lowest BCUT2D eigenvalue weighted by Gasteiger charge is -2.20. The topological polar surface area (TPSA) is 44.0 Å². The fourth-order valence-electron chi connectivity index (χ4n) is 1.85. The summed E-state index contributed by atoms with van der Waals surface area (Å²) in [5, 5.41) is 18.8. The number of hydrogen-bond acceptors (Lipinski definition) is 2. The molecule has 0 aliphatic rings. The van der Waals surface area contributed by atoms with Crippen LogP contribution in [0.2, 0.25) is 0 Å². The Bertz CT molecular complexity index is 479. The Morgan fingerprint density at radius 1 is 1.37 bits per heavy atom. The van der Waals surface area contributed by atoms with Crippen LogP contribution in [0.4, 0.5) is 17.6 Å². The van der Waals surface area contributed by atoms with Crippen molar-refractivity contribution >= 4 is 0 Å².